The maximum absolute atomic E-state index is 12.5. The summed E-state index contributed by atoms with van der Waals surface area (Å²) >= 11 is 0. The lowest BCUT2D eigenvalue weighted by molar-refractivity contribution is -0.140. The molecule has 2 fully saturated rings. The molecule has 0 aliphatic carbocycles. The van der Waals surface area contributed by atoms with Crippen LogP contribution in [0.4, 0.5) is 0 Å². The lowest BCUT2D eigenvalue weighted by atomic mass is 10.2. The lowest BCUT2D eigenvalue weighted by Gasteiger charge is -2.24. The first-order valence-corrected chi connectivity index (χ1v) is 9.57. The average molecular weight is 346 g/mol. The Kier molecular flexibility index (Phi) is 7.27. The summed E-state index contributed by atoms with van der Waals surface area (Å²) in [5.74, 6) is 0.200. The Morgan fingerprint density at radius 2 is 2.00 bits per heavy atom. The monoisotopic (exact) mass is 346 g/mol. The van der Waals surface area contributed by atoms with Gasteiger partial charge in [0.05, 0.1) is 6.61 Å². The van der Waals surface area contributed by atoms with Gasteiger partial charge >= 0.3 is 0 Å². The van der Waals surface area contributed by atoms with E-state index in [2.05, 4.69) is 17.0 Å². The number of nitrogens with zero attached hydrogens (tertiary/aromatic N) is 2. The summed E-state index contributed by atoms with van der Waals surface area (Å²) in [5.41, 5.74) is 1.22. The second-order valence-corrected chi connectivity index (χ2v) is 6.91. The molecule has 0 saturated carbocycles. The van der Waals surface area contributed by atoms with Gasteiger partial charge in [-0.05, 0) is 37.8 Å². The van der Waals surface area contributed by atoms with Crippen molar-refractivity contribution < 1.29 is 14.3 Å². The third-order valence-corrected chi connectivity index (χ3v) is 4.98. The highest BCUT2D eigenvalue weighted by Gasteiger charge is 2.29. The molecule has 0 N–H and O–H groups in total. The van der Waals surface area contributed by atoms with Crippen LogP contribution < -0.4 is 0 Å². The summed E-state index contributed by atoms with van der Waals surface area (Å²) in [7, 11) is 0. The maximum atomic E-state index is 12.5. The molecule has 0 bridgehead atoms. The van der Waals surface area contributed by atoms with Gasteiger partial charge < -0.3 is 19.3 Å². The van der Waals surface area contributed by atoms with Crippen LogP contribution in [0, 0.1) is 0 Å². The van der Waals surface area contributed by atoms with E-state index < -0.39 is 0 Å². The summed E-state index contributed by atoms with van der Waals surface area (Å²) in [6.45, 7) is 6.94. The van der Waals surface area contributed by atoms with Crippen LogP contribution in [-0.2, 0) is 20.9 Å². The van der Waals surface area contributed by atoms with Gasteiger partial charge in [-0.25, -0.2) is 0 Å². The molecule has 1 atom stereocenters. The minimum absolute atomic E-state index is 0.182. The van der Waals surface area contributed by atoms with E-state index in [1.165, 1.54) is 5.56 Å². The topological polar surface area (TPSA) is 42.0 Å². The number of hydrogen-bond donors (Lipinski definition) is 0. The minimum Gasteiger partial charge on any atom is -0.377 e. The summed E-state index contributed by atoms with van der Waals surface area (Å²) in [6, 6.07) is 10.3. The van der Waals surface area contributed by atoms with Crippen molar-refractivity contribution in [2.45, 2.75) is 38.4 Å². The van der Waals surface area contributed by atoms with Crippen molar-refractivity contribution in [1.29, 1.82) is 0 Å². The zero-order valence-electron chi connectivity index (χ0n) is 15.1. The van der Waals surface area contributed by atoms with Gasteiger partial charge in [-0.1, -0.05) is 30.3 Å². The number of hydrogen-bond acceptors (Lipinski definition) is 4. The van der Waals surface area contributed by atoms with E-state index in [0.717, 1.165) is 71.6 Å². The van der Waals surface area contributed by atoms with Crippen LogP contribution in [0.2, 0.25) is 0 Å². The van der Waals surface area contributed by atoms with Gasteiger partial charge in [0.1, 0.15) is 6.10 Å². The van der Waals surface area contributed by atoms with E-state index >= 15 is 0 Å². The summed E-state index contributed by atoms with van der Waals surface area (Å²) in [6.07, 6.45) is 3.80. The van der Waals surface area contributed by atoms with Gasteiger partial charge in [-0.3, -0.25) is 4.79 Å². The van der Waals surface area contributed by atoms with Crippen LogP contribution in [-0.4, -0.2) is 67.7 Å². The number of amides is 1. The summed E-state index contributed by atoms with van der Waals surface area (Å²) < 4.78 is 11.3. The first kappa shape index (κ1) is 18.4. The fourth-order valence-electron chi connectivity index (χ4n) is 3.55. The third kappa shape index (κ3) is 5.80. The molecule has 0 spiro atoms. The molecule has 138 valence electrons. The molecule has 1 aromatic rings. The Morgan fingerprint density at radius 1 is 1.12 bits per heavy atom. The molecule has 5 nitrogen and oxygen atoms in total. The molecular formula is C20H30N2O3. The fourth-order valence-corrected chi connectivity index (χ4v) is 3.55. The molecule has 0 aromatic heterocycles. The molecular weight excluding hydrogens is 316 g/mol. The third-order valence-electron chi connectivity index (χ3n) is 4.98. The predicted octanol–water partition coefficient (Wildman–Crippen LogP) is 2.31. The minimum atomic E-state index is -0.182. The number of benzene rings is 1. The predicted molar refractivity (Wildman–Crippen MR) is 97.3 cm³/mol. The largest absolute Gasteiger partial charge is 0.377 e. The normalized spacial score (nSPS) is 22.1. The van der Waals surface area contributed by atoms with Crippen LogP contribution in [0.1, 0.15) is 31.2 Å². The number of carbonyl (C=O) groups is 1. The van der Waals surface area contributed by atoms with Gasteiger partial charge in [0.25, 0.3) is 5.91 Å². The van der Waals surface area contributed by atoms with Gasteiger partial charge in [0.15, 0.2) is 0 Å². The smallest absolute Gasteiger partial charge is 0.251 e. The lowest BCUT2D eigenvalue weighted by Crippen LogP contribution is -2.41. The summed E-state index contributed by atoms with van der Waals surface area (Å²) in [5, 5.41) is 0. The SMILES string of the molecule is O=C(C1CCCO1)N1CCCN(CCCOCc2ccccc2)CC1. The van der Waals surface area contributed by atoms with E-state index in [9.17, 15) is 4.79 Å². The molecule has 2 saturated heterocycles. The van der Waals surface area contributed by atoms with Gasteiger partial charge in [0, 0.05) is 39.4 Å². The molecule has 2 aliphatic rings. The Balaban J connectivity index is 1.31. The van der Waals surface area contributed by atoms with E-state index in [1.807, 2.05) is 23.1 Å². The molecule has 5 heteroatoms. The maximum Gasteiger partial charge on any atom is 0.251 e. The molecule has 1 unspecified atom stereocenters. The van der Waals surface area contributed by atoms with Crippen molar-refractivity contribution in [3.05, 3.63) is 35.9 Å². The highest BCUT2D eigenvalue weighted by Crippen LogP contribution is 2.16. The van der Waals surface area contributed by atoms with E-state index in [4.69, 9.17) is 9.47 Å². The van der Waals surface area contributed by atoms with Crippen molar-refractivity contribution in [3.8, 4) is 0 Å². The number of rotatable bonds is 7. The van der Waals surface area contributed by atoms with Crippen molar-refractivity contribution in [2.24, 2.45) is 0 Å². The Labute approximate surface area is 150 Å². The first-order valence-electron chi connectivity index (χ1n) is 9.57. The van der Waals surface area contributed by atoms with Gasteiger partial charge in [-0.15, -0.1) is 0 Å². The number of ether oxygens (including phenoxy) is 2. The zero-order valence-corrected chi connectivity index (χ0v) is 15.1. The molecule has 2 aliphatic heterocycles. The first-order chi connectivity index (χ1) is 12.3. The van der Waals surface area contributed by atoms with E-state index in [-0.39, 0.29) is 12.0 Å². The second-order valence-electron chi connectivity index (χ2n) is 6.91. The molecule has 2 heterocycles. The molecule has 3 rings (SSSR count). The molecule has 0 radical (unpaired) electrons. The van der Waals surface area contributed by atoms with Crippen molar-refractivity contribution in [2.75, 3.05) is 45.9 Å². The van der Waals surface area contributed by atoms with E-state index in [0.29, 0.717) is 6.61 Å². The Morgan fingerprint density at radius 3 is 2.80 bits per heavy atom. The summed E-state index contributed by atoms with van der Waals surface area (Å²) in [4.78, 5) is 16.9. The van der Waals surface area contributed by atoms with Gasteiger partial charge in [0.2, 0.25) is 0 Å². The van der Waals surface area contributed by atoms with Crippen LogP contribution >= 0.6 is 0 Å². The molecule has 1 amide bonds. The molecule has 1 aromatic carbocycles. The quantitative estimate of drug-likeness (QED) is 0.711. The second kappa shape index (κ2) is 9.90. The Hall–Kier alpha value is -1.43. The standard InChI is InChI=1S/C20H30N2O3/c23-20(19-9-4-16-25-19)22-12-5-10-21(13-14-22)11-6-15-24-17-18-7-2-1-3-8-18/h1-3,7-8,19H,4-6,9-17H2. The highest BCUT2D eigenvalue weighted by atomic mass is 16.5. The van der Waals surface area contributed by atoms with Crippen molar-refractivity contribution >= 4 is 5.91 Å². The van der Waals surface area contributed by atoms with Crippen LogP contribution in [0.25, 0.3) is 0 Å². The zero-order chi connectivity index (χ0) is 17.3. The van der Waals surface area contributed by atoms with Crippen LogP contribution in [0.5, 0.6) is 0 Å². The van der Waals surface area contributed by atoms with Crippen molar-refractivity contribution in [3.63, 3.8) is 0 Å². The highest BCUT2D eigenvalue weighted by molar-refractivity contribution is 5.81. The average Bonchev–Trinajstić information content (AvgIpc) is 3.08. The van der Waals surface area contributed by atoms with Crippen molar-refractivity contribution in [1.82, 2.24) is 9.80 Å². The van der Waals surface area contributed by atoms with Crippen LogP contribution in [0.3, 0.4) is 0 Å². The molecule has 25 heavy (non-hydrogen) atoms. The fraction of sp³-hybridized carbons (Fsp3) is 0.650. The van der Waals surface area contributed by atoms with E-state index in [1.54, 1.807) is 0 Å². The Bertz CT molecular complexity index is 517. The van der Waals surface area contributed by atoms with Crippen LogP contribution in [0.15, 0.2) is 30.3 Å². The van der Waals surface area contributed by atoms with Gasteiger partial charge in [-0.2, -0.15) is 0 Å². The number of carbonyl (C=O) groups excluding carboxylic acids is 1.